The monoisotopic (exact) mass is 835 g/mol. The van der Waals surface area contributed by atoms with Crippen molar-refractivity contribution in [2.24, 2.45) is 5.41 Å². The fourth-order valence-electron chi connectivity index (χ4n) is 10.9. The Morgan fingerprint density at radius 1 is 0.492 bits per heavy atom. The van der Waals surface area contributed by atoms with E-state index < -0.39 is 29.2 Å². The second-order valence-electron chi connectivity index (χ2n) is 23.4. The highest BCUT2D eigenvalue weighted by atomic mass is 16.7. The van der Waals surface area contributed by atoms with Crippen molar-refractivity contribution in [3.63, 3.8) is 0 Å². The molecule has 5 aromatic carbocycles. The zero-order chi connectivity index (χ0) is 45.5. The van der Waals surface area contributed by atoms with Crippen molar-refractivity contribution in [3.8, 4) is 22.3 Å². The average molecular weight is 835 g/mol. The zero-order valence-corrected chi connectivity index (χ0v) is 40.6. The Bertz CT molecular complexity index is 2580. The van der Waals surface area contributed by atoms with Crippen LogP contribution in [0, 0.1) is 5.41 Å². The molecule has 0 aromatic heterocycles. The molecule has 0 radical (unpaired) electrons. The second kappa shape index (κ2) is 14.0. The maximum atomic E-state index is 6.93. The van der Waals surface area contributed by atoms with Gasteiger partial charge in [-0.3, -0.25) is 0 Å². The van der Waals surface area contributed by atoms with E-state index in [4.69, 9.17) is 14.0 Å². The van der Waals surface area contributed by atoms with E-state index in [2.05, 4.69) is 219 Å². The van der Waals surface area contributed by atoms with Crippen molar-refractivity contribution in [2.75, 3.05) is 0 Å². The molecule has 0 saturated carbocycles. The summed E-state index contributed by atoms with van der Waals surface area (Å²) in [6, 6.07) is 37.9. The van der Waals surface area contributed by atoms with Crippen molar-refractivity contribution in [1.82, 2.24) is 0 Å². The molecule has 0 bridgehead atoms. The quantitative estimate of drug-likeness (QED) is 0.124. The minimum absolute atomic E-state index is 0.00614. The zero-order valence-electron chi connectivity index (χ0n) is 40.6. The highest BCUT2D eigenvalue weighted by Gasteiger charge is 2.54. The number of hydrogen-bond acceptors (Lipinski definition) is 3. The van der Waals surface area contributed by atoms with Crippen LogP contribution >= 0.6 is 0 Å². The summed E-state index contributed by atoms with van der Waals surface area (Å²) in [4.78, 5) is 0. The first kappa shape index (κ1) is 43.8. The van der Waals surface area contributed by atoms with Crippen LogP contribution in [0.1, 0.15) is 148 Å². The van der Waals surface area contributed by atoms with E-state index >= 15 is 0 Å². The van der Waals surface area contributed by atoms with Crippen LogP contribution < -0.4 is 10.9 Å². The average Bonchev–Trinajstić information content (AvgIpc) is 3.75. The van der Waals surface area contributed by atoms with Gasteiger partial charge in [0, 0.05) is 0 Å². The van der Waals surface area contributed by atoms with E-state index in [1.807, 2.05) is 0 Å². The predicted octanol–water partition coefficient (Wildman–Crippen LogP) is 13.0. The van der Waals surface area contributed by atoms with E-state index in [1.165, 1.54) is 72.2 Å². The molecule has 0 N–H and O–H groups in total. The molecule has 3 nitrogen and oxygen atoms in total. The van der Waals surface area contributed by atoms with Crippen molar-refractivity contribution in [3.05, 3.63) is 167 Å². The Labute approximate surface area is 380 Å². The largest absolute Gasteiger partial charge is 0.494 e. The Hall–Kier alpha value is -4.41. The standard InChI is InChI=1S/C58H68B2O3/c1-17-57(18-2)47-33-41(59-32-31-53(9,10)54(11,12)61-59)27-29-43(47)45-36-50-46(35-48(45)57)44-30-28-42(60-62-55(13,14)56(15,16)63-60)34-49(44)58(50,39-23-19-37(20-24-39)51(3,4)5)40-25-21-38(22-26-40)52(6,7)8/h17-30,33-36H,1-2,31-32H2,3-16H3. The Balaban J connectivity index is 1.32. The maximum absolute atomic E-state index is 6.93. The van der Waals surface area contributed by atoms with Crippen molar-refractivity contribution >= 4 is 25.0 Å². The molecule has 0 atom stereocenters. The van der Waals surface area contributed by atoms with Crippen LogP contribution in [0.2, 0.25) is 6.32 Å². The Morgan fingerprint density at radius 2 is 0.921 bits per heavy atom. The van der Waals surface area contributed by atoms with E-state index in [0.29, 0.717) is 0 Å². The normalized spacial score (nSPS) is 20.7. The molecule has 2 heterocycles. The van der Waals surface area contributed by atoms with Gasteiger partial charge in [-0.2, -0.15) is 0 Å². The highest BCUT2D eigenvalue weighted by Crippen LogP contribution is 2.61. The molecular weight excluding hydrogens is 766 g/mol. The summed E-state index contributed by atoms with van der Waals surface area (Å²) >= 11 is 0. The smallest absolute Gasteiger partial charge is 0.426 e. The van der Waals surface area contributed by atoms with Gasteiger partial charge in [-0.1, -0.05) is 152 Å². The Kier molecular flexibility index (Phi) is 9.77. The molecular formula is C58H68B2O3. The third-order valence-electron chi connectivity index (χ3n) is 16.5. The van der Waals surface area contributed by atoms with Gasteiger partial charge < -0.3 is 14.0 Å². The Morgan fingerprint density at radius 3 is 1.41 bits per heavy atom. The molecule has 0 unspecified atom stereocenters. The van der Waals surface area contributed by atoms with Crippen LogP contribution in [0.4, 0.5) is 0 Å². The summed E-state index contributed by atoms with van der Waals surface area (Å²) in [7, 11) is -0.502. The van der Waals surface area contributed by atoms with E-state index in [9.17, 15) is 0 Å². The summed E-state index contributed by atoms with van der Waals surface area (Å²) in [5, 5.41) is 0. The number of fused-ring (bicyclic) bond motifs is 6. The van der Waals surface area contributed by atoms with Gasteiger partial charge in [-0.15, -0.1) is 13.2 Å². The van der Waals surface area contributed by atoms with E-state index in [-0.39, 0.29) is 28.8 Å². The number of rotatable bonds is 6. The lowest BCUT2D eigenvalue weighted by molar-refractivity contribution is -0.0311. The third-order valence-corrected chi connectivity index (χ3v) is 16.5. The summed E-state index contributed by atoms with van der Waals surface area (Å²) in [5.41, 5.74) is 14.8. The molecule has 2 aliphatic carbocycles. The van der Waals surface area contributed by atoms with Gasteiger partial charge in [0.25, 0.3) is 0 Å². The first-order chi connectivity index (χ1) is 29.3. The van der Waals surface area contributed by atoms with Gasteiger partial charge in [0.2, 0.25) is 0 Å². The van der Waals surface area contributed by atoms with Crippen LogP contribution in [0.25, 0.3) is 22.3 Å². The first-order valence-corrected chi connectivity index (χ1v) is 23.3. The van der Waals surface area contributed by atoms with Gasteiger partial charge in [0.05, 0.1) is 27.6 Å². The number of hydrogen-bond donors (Lipinski definition) is 0. The fourth-order valence-corrected chi connectivity index (χ4v) is 10.9. The number of allylic oxidation sites excluding steroid dienone is 2. The fraction of sp³-hybridized carbons (Fsp3) is 0.414. The van der Waals surface area contributed by atoms with E-state index in [0.717, 1.165) is 18.2 Å². The lowest BCUT2D eigenvalue weighted by atomic mass is 9.50. The topological polar surface area (TPSA) is 27.7 Å². The van der Waals surface area contributed by atoms with Crippen molar-refractivity contribution < 1.29 is 14.0 Å². The van der Waals surface area contributed by atoms with Crippen molar-refractivity contribution in [2.45, 2.75) is 148 Å². The molecule has 324 valence electrons. The van der Waals surface area contributed by atoms with Crippen LogP contribution in [0.3, 0.4) is 0 Å². The summed E-state index contributed by atoms with van der Waals surface area (Å²) in [6.45, 7) is 40.5. The van der Waals surface area contributed by atoms with Gasteiger partial charge in [-0.05, 0) is 160 Å². The predicted molar refractivity (Wildman–Crippen MR) is 267 cm³/mol. The van der Waals surface area contributed by atoms with Gasteiger partial charge in [0.15, 0.2) is 0 Å². The van der Waals surface area contributed by atoms with Gasteiger partial charge >= 0.3 is 14.0 Å². The molecule has 5 aromatic rings. The lowest BCUT2D eigenvalue weighted by Crippen LogP contribution is -2.54. The molecule has 4 aliphatic rings. The minimum atomic E-state index is -0.659. The SMILES string of the molecule is C=CC1(C=C)c2cc(B3CCC(C)(C)C(C)(C)O3)ccc2-c2cc3c(cc21)-c1ccc(B2OC(C)(C)C(C)(C)O2)cc1C3(c1ccc(C(C)(C)C)cc1)c1ccc(C(C)(C)C)cc1. The van der Waals surface area contributed by atoms with Crippen LogP contribution in [-0.4, -0.2) is 30.8 Å². The molecule has 9 rings (SSSR count). The summed E-state index contributed by atoms with van der Waals surface area (Å²) < 4.78 is 20.4. The van der Waals surface area contributed by atoms with Crippen LogP contribution in [0.5, 0.6) is 0 Å². The first-order valence-electron chi connectivity index (χ1n) is 23.3. The molecule has 2 fully saturated rings. The maximum Gasteiger partial charge on any atom is 0.494 e. The van der Waals surface area contributed by atoms with Crippen LogP contribution in [0.15, 0.2) is 122 Å². The molecule has 63 heavy (non-hydrogen) atoms. The minimum Gasteiger partial charge on any atom is -0.426 e. The third kappa shape index (κ3) is 6.41. The second-order valence-corrected chi connectivity index (χ2v) is 23.4. The molecule has 2 aliphatic heterocycles. The molecule has 5 heteroatoms. The van der Waals surface area contributed by atoms with Crippen LogP contribution in [-0.2, 0) is 35.6 Å². The summed E-state index contributed by atoms with van der Waals surface area (Å²) in [6.07, 6.45) is 6.31. The summed E-state index contributed by atoms with van der Waals surface area (Å²) in [5.74, 6) is 0. The highest BCUT2D eigenvalue weighted by molar-refractivity contribution is 6.67. The molecule has 2 saturated heterocycles. The van der Waals surface area contributed by atoms with Crippen molar-refractivity contribution in [1.29, 1.82) is 0 Å². The van der Waals surface area contributed by atoms with E-state index in [1.54, 1.807) is 0 Å². The van der Waals surface area contributed by atoms with Gasteiger partial charge in [-0.25, -0.2) is 0 Å². The number of benzene rings is 5. The molecule has 0 amide bonds. The molecule has 0 spiro atoms. The van der Waals surface area contributed by atoms with Gasteiger partial charge in [0.1, 0.15) is 0 Å². The lowest BCUT2D eigenvalue weighted by Gasteiger charge is -2.48.